The van der Waals surface area contributed by atoms with Crippen LogP contribution in [0.3, 0.4) is 0 Å². The normalized spacial score (nSPS) is 10.4. The van der Waals surface area contributed by atoms with Crippen molar-refractivity contribution in [3.63, 3.8) is 0 Å². The topological polar surface area (TPSA) is 3.24 Å². The minimum absolute atomic E-state index is 1.14. The maximum Gasteiger partial charge on any atom is 0.00124 e. The van der Waals surface area contributed by atoms with Crippen molar-refractivity contribution < 1.29 is 0 Å². The van der Waals surface area contributed by atoms with Crippen molar-refractivity contribution in [2.24, 2.45) is 0 Å². The van der Waals surface area contributed by atoms with Gasteiger partial charge in [-0.05, 0) is 26.9 Å². The summed E-state index contributed by atoms with van der Waals surface area (Å²) in [6, 6.07) is 0. The van der Waals surface area contributed by atoms with Crippen LogP contribution in [-0.4, -0.2) is 25.5 Å². The molecule has 0 spiro atoms. The largest absolute Gasteiger partial charge is 0.309 e. The van der Waals surface area contributed by atoms with Gasteiger partial charge in [-0.3, -0.25) is 0 Å². The van der Waals surface area contributed by atoms with Crippen LogP contribution >= 0.6 is 0 Å². The third-order valence-electron chi connectivity index (χ3n) is 1.52. The van der Waals surface area contributed by atoms with Crippen molar-refractivity contribution in [2.75, 3.05) is 20.6 Å². The lowest BCUT2D eigenvalue weighted by molar-refractivity contribution is 0.411. The fourth-order valence-corrected chi connectivity index (χ4v) is 0.860. The number of rotatable bonds is 5. The molecule has 0 bridgehead atoms. The Balaban J connectivity index is 3.22. The molecule has 0 rings (SSSR count). The van der Waals surface area contributed by atoms with Gasteiger partial charge in [-0.25, -0.2) is 0 Å². The van der Waals surface area contributed by atoms with E-state index in [4.69, 9.17) is 0 Å². The molecule has 0 atom stereocenters. The van der Waals surface area contributed by atoms with Crippen molar-refractivity contribution in [3.05, 3.63) is 12.2 Å². The van der Waals surface area contributed by atoms with Gasteiger partial charge in [-0.2, -0.15) is 0 Å². The molecule has 0 amide bonds. The smallest absolute Gasteiger partial charge is 0.00124 e. The summed E-state index contributed by atoms with van der Waals surface area (Å²) in [5.74, 6) is 0. The zero-order chi connectivity index (χ0) is 7.98. The van der Waals surface area contributed by atoms with Gasteiger partial charge in [0, 0.05) is 6.54 Å². The maximum atomic E-state index is 3.99. The van der Waals surface area contributed by atoms with Crippen LogP contribution in [-0.2, 0) is 0 Å². The Kier molecular flexibility index (Phi) is 5.32. The van der Waals surface area contributed by atoms with E-state index in [9.17, 15) is 0 Å². The summed E-state index contributed by atoms with van der Waals surface area (Å²) in [7, 11) is 4.19. The van der Waals surface area contributed by atoms with E-state index < -0.39 is 0 Å². The standard InChI is InChI=1S/C9H19N/c1-5-6-9(2)7-8-10(3)4/h2,5-8H2,1,3-4H3. The van der Waals surface area contributed by atoms with Crippen LogP contribution < -0.4 is 0 Å². The van der Waals surface area contributed by atoms with Crippen LogP contribution in [0.5, 0.6) is 0 Å². The number of hydrogen-bond donors (Lipinski definition) is 0. The van der Waals surface area contributed by atoms with Gasteiger partial charge in [0.2, 0.25) is 0 Å². The zero-order valence-corrected chi connectivity index (χ0v) is 7.48. The van der Waals surface area contributed by atoms with Gasteiger partial charge < -0.3 is 4.90 Å². The highest BCUT2D eigenvalue weighted by Gasteiger charge is 1.93. The number of hydrogen-bond acceptors (Lipinski definition) is 1. The molecule has 0 aliphatic heterocycles. The Hall–Kier alpha value is -0.300. The Morgan fingerprint density at radius 2 is 1.90 bits per heavy atom. The third kappa shape index (κ3) is 5.83. The van der Waals surface area contributed by atoms with Crippen molar-refractivity contribution in [1.82, 2.24) is 4.90 Å². The fourth-order valence-electron chi connectivity index (χ4n) is 0.860. The molecule has 0 saturated carbocycles. The van der Waals surface area contributed by atoms with E-state index in [2.05, 4.69) is 32.5 Å². The Bertz CT molecular complexity index is 94.9. The summed E-state index contributed by atoms with van der Waals surface area (Å²) in [4.78, 5) is 2.20. The van der Waals surface area contributed by atoms with Crippen LogP contribution in [0.1, 0.15) is 26.2 Å². The molecule has 0 aliphatic carbocycles. The lowest BCUT2D eigenvalue weighted by Gasteiger charge is -2.09. The molecule has 0 N–H and O–H groups in total. The molecule has 0 fully saturated rings. The minimum Gasteiger partial charge on any atom is -0.309 e. The summed E-state index contributed by atoms with van der Waals surface area (Å²) in [5.41, 5.74) is 1.39. The third-order valence-corrected chi connectivity index (χ3v) is 1.52. The van der Waals surface area contributed by atoms with Gasteiger partial charge in [0.15, 0.2) is 0 Å². The van der Waals surface area contributed by atoms with Gasteiger partial charge >= 0.3 is 0 Å². The van der Waals surface area contributed by atoms with Crippen LogP contribution in [0.2, 0.25) is 0 Å². The highest BCUT2D eigenvalue weighted by molar-refractivity contribution is 4.93. The zero-order valence-electron chi connectivity index (χ0n) is 7.48. The fraction of sp³-hybridized carbons (Fsp3) is 0.778. The summed E-state index contributed by atoms with van der Waals surface area (Å²) in [6.07, 6.45) is 3.57. The second-order valence-corrected chi connectivity index (χ2v) is 3.05. The van der Waals surface area contributed by atoms with Crippen LogP contribution in [0.4, 0.5) is 0 Å². The van der Waals surface area contributed by atoms with Gasteiger partial charge in [-0.15, -0.1) is 0 Å². The van der Waals surface area contributed by atoms with Crippen LogP contribution in [0.15, 0.2) is 12.2 Å². The lowest BCUT2D eigenvalue weighted by atomic mass is 10.1. The minimum atomic E-state index is 1.14. The first-order valence-corrected chi connectivity index (χ1v) is 3.98. The second kappa shape index (κ2) is 5.48. The first kappa shape index (κ1) is 9.70. The molecular formula is C9H19N. The molecule has 0 saturated heterocycles. The van der Waals surface area contributed by atoms with E-state index in [0.29, 0.717) is 0 Å². The molecule has 1 heteroatoms. The molecule has 10 heavy (non-hydrogen) atoms. The van der Waals surface area contributed by atoms with Crippen molar-refractivity contribution >= 4 is 0 Å². The first-order valence-electron chi connectivity index (χ1n) is 3.98. The maximum absolute atomic E-state index is 3.99. The van der Waals surface area contributed by atoms with Crippen molar-refractivity contribution in [3.8, 4) is 0 Å². The highest BCUT2D eigenvalue weighted by atomic mass is 15.0. The molecule has 60 valence electrons. The van der Waals surface area contributed by atoms with E-state index in [1.807, 2.05) is 0 Å². The average molecular weight is 141 g/mol. The molecule has 0 radical (unpaired) electrons. The molecule has 0 heterocycles. The van der Waals surface area contributed by atoms with Gasteiger partial charge in [0.25, 0.3) is 0 Å². The average Bonchev–Trinajstić information content (AvgIpc) is 1.85. The Labute approximate surface area is 64.7 Å². The molecular weight excluding hydrogens is 122 g/mol. The molecule has 0 unspecified atom stereocenters. The van der Waals surface area contributed by atoms with Gasteiger partial charge in [0.1, 0.15) is 0 Å². The van der Waals surface area contributed by atoms with Crippen molar-refractivity contribution in [2.45, 2.75) is 26.2 Å². The molecule has 0 aromatic carbocycles. The van der Waals surface area contributed by atoms with E-state index in [0.717, 1.165) is 13.0 Å². The van der Waals surface area contributed by atoms with Crippen molar-refractivity contribution in [1.29, 1.82) is 0 Å². The van der Waals surface area contributed by atoms with Crippen LogP contribution in [0.25, 0.3) is 0 Å². The molecule has 0 aliphatic rings. The van der Waals surface area contributed by atoms with Gasteiger partial charge in [-0.1, -0.05) is 25.5 Å². The van der Waals surface area contributed by atoms with E-state index in [1.54, 1.807) is 0 Å². The monoisotopic (exact) mass is 141 g/mol. The van der Waals surface area contributed by atoms with E-state index >= 15 is 0 Å². The molecule has 0 aromatic rings. The van der Waals surface area contributed by atoms with E-state index in [1.165, 1.54) is 18.4 Å². The summed E-state index contributed by atoms with van der Waals surface area (Å²) in [6.45, 7) is 7.32. The predicted molar refractivity (Wildman–Crippen MR) is 47.2 cm³/mol. The highest BCUT2D eigenvalue weighted by Crippen LogP contribution is 2.05. The SMILES string of the molecule is C=C(CCC)CCN(C)C. The van der Waals surface area contributed by atoms with Crippen LogP contribution in [0, 0.1) is 0 Å². The van der Waals surface area contributed by atoms with E-state index in [-0.39, 0.29) is 0 Å². The summed E-state index contributed by atoms with van der Waals surface area (Å²) >= 11 is 0. The molecule has 1 nitrogen and oxygen atoms in total. The van der Waals surface area contributed by atoms with Gasteiger partial charge in [0.05, 0.1) is 0 Å². The number of nitrogens with zero attached hydrogens (tertiary/aromatic N) is 1. The second-order valence-electron chi connectivity index (χ2n) is 3.05. The quantitative estimate of drug-likeness (QED) is 0.531. The Morgan fingerprint density at radius 3 is 2.30 bits per heavy atom. The predicted octanol–water partition coefficient (Wildman–Crippen LogP) is 2.29. The lowest BCUT2D eigenvalue weighted by Crippen LogP contribution is -2.13. The summed E-state index contributed by atoms with van der Waals surface area (Å²) < 4.78 is 0. The summed E-state index contributed by atoms with van der Waals surface area (Å²) in [5, 5.41) is 0. The Morgan fingerprint density at radius 1 is 1.30 bits per heavy atom. The first-order chi connectivity index (χ1) is 4.66. The molecule has 0 aromatic heterocycles.